The van der Waals surface area contributed by atoms with Gasteiger partial charge in [-0.25, -0.2) is 4.79 Å². The summed E-state index contributed by atoms with van der Waals surface area (Å²) in [5.74, 6) is -1.19. The van der Waals surface area contributed by atoms with Gasteiger partial charge in [-0.05, 0) is 60.2 Å². The molecule has 11 heteroatoms. The predicted molar refractivity (Wildman–Crippen MR) is 165 cm³/mol. The second-order valence-electron chi connectivity index (χ2n) is 9.58. The standard InChI is InChI=1S/C32H24N6O5/c1-43-27-14-11-19(30(40)33-20-8-3-2-4-9-20)16-26(27)37-38-28-22-10-6-5-7-18(22)15-23(29(28)39)31(41)34-21-12-13-24-25(17-21)36-32(42)35-24/h2-17,37H,1H3,(H,33,40)(H,34,41)(H2,35,36,42). The highest BCUT2D eigenvalue weighted by atomic mass is 16.5. The van der Waals surface area contributed by atoms with Gasteiger partial charge >= 0.3 is 5.69 Å². The molecular weight excluding hydrogens is 548 g/mol. The van der Waals surface area contributed by atoms with E-state index >= 15 is 0 Å². The molecule has 212 valence electrons. The molecular formula is C32H24N6O5. The molecule has 1 heterocycles. The van der Waals surface area contributed by atoms with Crippen LogP contribution in [0, 0.1) is 0 Å². The van der Waals surface area contributed by atoms with Crippen molar-refractivity contribution < 1.29 is 19.1 Å². The minimum Gasteiger partial charge on any atom is -0.495 e. The van der Waals surface area contributed by atoms with Crippen molar-refractivity contribution in [1.82, 2.24) is 9.97 Å². The van der Waals surface area contributed by atoms with Crippen molar-refractivity contribution in [3.05, 3.63) is 124 Å². The molecule has 1 aromatic heterocycles. The zero-order valence-electron chi connectivity index (χ0n) is 22.7. The zero-order chi connectivity index (χ0) is 29.9. The number of rotatable bonds is 7. The Balaban J connectivity index is 1.28. The number of anilines is 3. The molecule has 0 bridgehead atoms. The molecule has 0 atom stereocenters. The summed E-state index contributed by atoms with van der Waals surface area (Å²) in [6, 6.07) is 25.8. The minimum atomic E-state index is -0.637. The highest BCUT2D eigenvalue weighted by Crippen LogP contribution is 2.28. The Hall–Kier alpha value is -6.23. The number of methoxy groups -OCH3 is 1. The van der Waals surface area contributed by atoms with Gasteiger partial charge in [-0.2, -0.15) is 5.10 Å². The van der Waals surface area contributed by atoms with E-state index in [1.165, 1.54) is 13.2 Å². The Morgan fingerprint density at radius 3 is 2.33 bits per heavy atom. The van der Waals surface area contributed by atoms with Crippen molar-refractivity contribution >= 4 is 57.5 Å². The number of amides is 2. The zero-order valence-corrected chi connectivity index (χ0v) is 22.7. The number of hydrogen-bond acceptors (Lipinski definition) is 7. The highest BCUT2D eigenvalue weighted by Gasteiger charge is 2.30. The van der Waals surface area contributed by atoms with E-state index in [0.717, 1.165) is 0 Å². The summed E-state index contributed by atoms with van der Waals surface area (Å²) in [6.07, 6.45) is 1.51. The van der Waals surface area contributed by atoms with Gasteiger partial charge in [-0.3, -0.25) is 19.8 Å². The summed E-state index contributed by atoms with van der Waals surface area (Å²) in [5, 5.41) is 9.94. The van der Waals surface area contributed by atoms with Gasteiger partial charge in [0, 0.05) is 22.5 Å². The normalized spacial score (nSPS) is 13.3. The van der Waals surface area contributed by atoms with E-state index < -0.39 is 11.7 Å². The lowest BCUT2D eigenvalue weighted by atomic mass is 9.89. The van der Waals surface area contributed by atoms with Crippen molar-refractivity contribution in [2.45, 2.75) is 0 Å². The lowest BCUT2D eigenvalue weighted by Gasteiger charge is -2.18. The molecule has 4 aromatic carbocycles. The highest BCUT2D eigenvalue weighted by molar-refractivity contribution is 6.59. The quantitative estimate of drug-likeness (QED) is 0.142. The van der Waals surface area contributed by atoms with E-state index in [1.807, 2.05) is 18.2 Å². The Morgan fingerprint density at radius 1 is 0.767 bits per heavy atom. The summed E-state index contributed by atoms with van der Waals surface area (Å²) in [7, 11) is 1.48. The number of carbonyl (C=O) groups excluding carboxylic acids is 3. The fourth-order valence-corrected chi connectivity index (χ4v) is 4.68. The number of hydrazone groups is 1. The van der Waals surface area contributed by atoms with Crippen LogP contribution in [-0.2, 0) is 9.59 Å². The molecule has 6 rings (SSSR count). The number of nitrogens with one attached hydrogen (secondary N) is 5. The third-order valence-electron chi connectivity index (χ3n) is 6.78. The number of Topliss-reactive ketones (excluding diaryl/α,β-unsaturated/α-hetero) is 1. The molecule has 0 saturated heterocycles. The van der Waals surface area contributed by atoms with Crippen LogP contribution in [0.3, 0.4) is 0 Å². The number of ether oxygens (including phenoxy) is 1. The topological polar surface area (TPSA) is 158 Å². The number of ketones is 1. The van der Waals surface area contributed by atoms with Crippen molar-refractivity contribution in [1.29, 1.82) is 0 Å². The maximum absolute atomic E-state index is 13.6. The maximum atomic E-state index is 13.6. The summed E-state index contributed by atoms with van der Waals surface area (Å²) in [4.78, 5) is 56.7. The second-order valence-corrected chi connectivity index (χ2v) is 9.58. The van der Waals surface area contributed by atoms with Crippen LogP contribution >= 0.6 is 0 Å². The molecule has 0 spiro atoms. The first-order valence-corrected chi connectivity index (χ1v) is 13.2. The molecule has 0 aliphatic heterocycles. The van der Waals surface area contributed by atoms with Gasteiger partial charge in [0.1, 0.15) is 11.5 Å². The number of imidazole rings is 1. The van der Waals surface area contributed by atoms with Gasteiger partial charge in [-0.1, -0.05) is 42.5 Å². The van der Waals surface area contributed by atoms with Gasteiger partial charge in [0.25, 0.3) is 11.8 Å². The van der Waals surface area contributed by atoms with E-state index in [9.17, 15) is 19.2 Å². The number of benzene rings is 4. The van der Waals surface area contributed by atoms with Gasteiger partial charge in [0.05, 0.1) is 29.4 Å². The van der Waals surface area contributed by atoms with Gasteiger partial charge < -0.3 is 25.3 Å². The van der Waals surface area contributed by atoms with Crippen molar-refractivity contribution in [3.63, 3.8) is 0 Å². The molecule has 0 unspecified atom stereocenters. The first-order chi connectivity index (χ1) is 20.9. The predicted octanol–water partition coefficient (Wildman–Crippen LogP) is 4.54. The number of para-hydroxylation sites is 1. The van der Waals surface area contributed by atoms with Crippen molar-refractivity contribution in [3.8, 4) is 5.75 Å². The van der Waals surface area contributed by atoms with Crippen LogP contribution in [0.5, 0.6) is 5.75 Å². The summed E-state index contributed by atoms with van der Waals surface area (Å²) >= 11 is 0. The van der Waals surface area contributed by atoms with Crippen molar-refractivity contribution in [2.24, 2.45) is 5.10 Å². The van der Waals surface area contributed by atoms with Gasteiger partial charge in [-0.15, -0.1) is 0 Å². The first kappa shape index (κ1) is 27.0. The van der Waals surface area contributed by atoms with Crippen LogP contribution < -0.4 is 26.5 Å². The summed E-state index contributed by atoms with van der Waals surface area (Å²) in [5.41, 5.74) is 6.35. The molecule has 5 aromatic rings. The number of fused-ring (bicyclic) bond motifs is 2. The first-order valence-electron chi connectivity index (χ1n) is 13.2. The average molecular weight is 573 g/mol. The third kappa shape index (κ3) is 5.55. The van der Waals surface area contributed by atoms with Gasteiger partial charge in [0.2, 0.25) is 5.78 Å². The fourth-order valence-electron chi connectivity index (χ4n) is 4.68. The number of aromatic nitrogens is 2. The minimum absolute atomic E-state index is 0.00913. The van der Waals surface area contributed by atoms with E-state index in [2.05, 4.69) is 31.1 Å². The molecule has 1 aliphatic carbocycles. The van der Waals surface area contributed by atoms with Crippen molar-refractivity contribution in [2.75, 3.05) is 23.2 Å². The molecule has 11 nitrogen and oxygen atoms in total. The van der Waals surface area contributed by atoms with Gasteiger partial charge in [0.15, 0.2) is 0 Å². The van der Waals surface area contributed by atoms with E-state index in [0.29, 0.717) is 50.5 Å². The Morgan fingerprint density at radius 2 is 1.51 bits per heavy atom. The Bertz CT molecular complexity index is 2020. The van der Waals surface area contributed by atoms with E-state index in [-0.39, 0.29) is 22.9 Å². The monoisotopic (exact) mass is 572 g/mol. The Labute approximate surface area is 244 Å². The van der Waals surface area contributed by atoms with Crippen LogP contribution in [0.25, 0.3) is 17.1 Å². The van der Waals surface area contributed by atoms with E-state index in [4.69, 9.17) is 4.74 Å². The smallest absolute Gasteiger partial charge is 0.323 e. The average Bonchev–Trinajstić information content (AvgIpc) is 3.40. The Kier molecular flexibility index (Phi) is 7.11. The van der Waals surface area contributed by atoms with Crippen LogP contribution in [0.1, 0.15) is 21.5 Å². The molecule has 43 heavy (non-hydrogen) atoms. The molecule has 2 amide bonds. The number of nitrogens with zero attached hydrogens (tertiary/aromatic N) is 1. The number of hydrogen-bond donors (Lipinski definition) is 5. The lowest BCUT2D eigenvalue weighted by molar-refractivity contribution is -0.116. The SMILES string of the molecule is COc1ccc(C(=O)Nc2ccccc2)cc1NN=C1C(=O)C(C(=O)Nc2ccc3[nH]c(=O)[nH]c3c2)=Cc2ccccc21. The molecule has 1 aliphatic rings. The fraction of sp³-hybridized carbons (Fsp3) is 0.0312. The summed E-state index contributed by atoms with van der Waals surface area (Å²) < 4.78 is 5.44. The number of aromatic amines is 2. The van der Waals surface area contributed by atoms with E-state index in [1.54, 1.807) is 72.8 Å². The number of H-pyrrole nitrogens is 2. The largest absolute Gasteiger partial charge is 0.495 e. The number of carbonyl (C=O) groups is 3. The lowest BCUT2D eigenvalue weighted by Crippen LogP contribution is -2.30. The van der Waals surface area contributed by atoms with Crippen LogP contribution in [0.2, 0.25) is 0 Å². The molecule has 0 fully saturated rings. The summed E-state index contributed by atoms with van der Waals surface area (Å²) in [6.45, 7) is 0. The third-order valence-corrected chi connectivity index (χ3v) is 6.78. The second kappa shape index (κ2) is 11.3. The van der Waals surface area contributed by atoms with Crippen LogP contribution in [0.4, 0.5) is 17.1 Å². The molecule has 5 N–H and O–H groups in total. The van der Waals surface area contributed by atoms with Crippen LogP contribution in [0.15, 0.2) is 106 Å². The molecule has 0 saturated carbocycles. The van der Waals surface area contributed by atoms with Crippen LogP contribution in [-0.4, -0.2) is 40.4 Å². The maximum Gasteiger partial charge on any atom is 0.323 e. The molecule has 0 radical (unpaired) electrons.